The number of benzene rings is 2. The molecule has 0 atom stereocenters. The molecule has 0 saturated carbocycles. The van der Waals surface area contributed by atoms with Crippen LogP contribution in [0.25, 0.3) is 0 Å². The van der Waals surface area contributed by atoms with Gasteiger partial charge >= 0.3 is 5.97 Å². The number of hydrogen-bond acceptors (Lipinski definition) is 7. The Morgan fingerprint density at radius 3 is 2.50 bits per heavy atom. The minimum absolute atomic E-state index is 0.0525. The smallest absolute Gasteiger partial charge is 0.338 e. The predicted octanol–water partition coefficient (Wildman–Crippen LogP) is 4.21. The monoisotopic (exact) mass is 532 g/mol. The van der Waals surface area contributed by atoms with Gasteiger partial charge in [0, 0.05) is 11.4 Å². The Balaban J connectivity index is 1.43. The van der Waals surface area contributed by atoms with Crippen LogP contribution < -0.4 is 10.0 Å². The van der Waals surface area contributed by atoms with E-state index in [2.05, 4.69) is 16.1 Å². The van der Waals surface area contributed by atoms with Crippen LogP contribution in [0.1, 0.15) is 32.9 Å². The summed E-state index contributed by atoms with van der Waals surface area (Å²) in [6, 6.07) is 19.2. The van der Waals surface area contributed by atoms with E-state index in [1.807, 2.05) is 6.92 Å². The number of esters is 1. The van der Waals surface area contributed by atoms with Crippen LogP contribution in [0, 0.1) is 25.2 Å². The van der Waals surface area contributed by atoms with Crippen molar-refractivity contribution in [3.8, 4) is 6.07 Å². The van der Waals surface area contributed by atoms with Crippen molar-refractivity contribution in [2.24, 2.45) is 0 Å². The van der Waals surface area contributed by atoms with E-state index in [4.69, 9.17) is 9.15 Å². The molecule has 0 unspecified atom stereocenters. The Kier molecular flexibility index (Phi) is 7.64. The van der Waals surface area contributed by atoms with Gasteiger partial charge in [-0.3, -0.25) is 9.52 Å². The summed E-state index contributed by atoms with van der Waals surface area (Å²) in [7, 11) is -3.85. The van der Waals surface area contributed by atoms with E-state index in [0.717, 1.165) is 5.69 Å². The van der Waals surface area contributed by atoms with Gasteiger partial charge in [0.15, 0.2) is 6.61 Å². The van der Waals surface area contributed by atoms with E-state index in [1.54, 1.807) is 41.8 Å². The van der Waals surface area contributed by atoms with Gasteiger partial charge in [-0.05, 0) is 61.9 Å². The average Bonchev–Trinajstić information content (AvgIpc) is 3.50. The maximum Gasteiger partial charge on any atom is 0.338 e. The zero-order valence-corrected chi connectivity index (χ0v) is 21.4. The number of sulfonamides is 1. The minimum atomic E-state index is -3.85. The molecule has 194 valence electrons. The van der Waals surface area contributed by atoms with Crippen LogP contribution in [0.4, 0.5) is 11.5 Å². The lowest BCUT2D eigenvalue weighted by atomic mass is 10.2. The van der Waals surface area contributed by atoms with E-state index < -0.39 is 28.5 Å². The molecule has 10 nitrogen and oxygen atoms in total. The summed E-state index contributed by atoms with van der Waals surface area (Å²) >= 11 is 0. The van der Waals surface area contributed by atoms with Gasteiger partial charge in [0.1, 0.15) is 17.6 Å². The molecule has 0 aliphatic carbocycles. The number of rotatable bonds is 9. The van der Waals surface area contributed by atoms with Gasteiger partial charge in [0.2, 0.25) is 0 Å². The summed E-state index contributed by atoms with van der Waals surface area (Å²) in [5.41, 5.74) is 2.00. The highest BCUT2D eigenvalue weighted by molar-refractivity contribution is 7.92. The molecule has 2 heterocycles. The molecular weight excluding hydrogens is 508 g/mol. The number of ether oxygens (including phenoxy) is 1. The number of furan rings is 1. The minimum Gasteiger partial charge on any atom is -0.467 e. The summed E-state index contributed by atoms with van der Waals surface area (Å²) in [5.74, 6) is -0.553. The molecule has 4 aromatic rings. The van der Waals surface area contributed by atoms with Crippen molar-refractivity contribution in [3.05, 3.63) is 101 Å². The third kappa shape index (κ3) is 5.77. The number of nitriles is 1. The maximum atomic E-state index is 12.7. The topological polar surface area (TPSA) is 143 Å². The van der Waals surface area contributed by atoms with Crippen molar-refractivity contribution >= 4 is 33.4 Å². The molecule has 38 heavy (non-hydrogen) atoms. The molecule has 0 aliphatic rings. The SMILES string of the molecule is Cc1c(C#N)c(NC(=O)COC(=O)c2cccc(NS(=O)(=O)c3ccccc3)c2)n(Cc2ccco2)c1C. The first kappa shape index (κ1) is 26.2. The fourth-order valence-electron chi connectivity index (χ4n) is 3.79. The van der Waals surface area contributed by atoms with Gasteiger partial charge in [-0.15, -0.1) is 0 Å². The van der Waals surface area contributed by atoms with E-state index in [9.17, 15) is 23.3 Å². The lowest BCUT2D eigenvalue weighted by Crippen LogP contribution is -2.23. The lowest BCUT2D eigenvalue weighted by molar-refractivity contribution is -0.119. The Hall–Kier alpha value is -4.82. The highest BCUT2D eigenvalue weighted by Crippen LogP contribution is 2.27. The van der Waals surface area contributed by atoms with Crippen LogP contribution >= 0.6 is 0 Å². The van der Waals surface area contributed by atoms with Gasteiger partial charge in [0.05, 0.1) is 28.8 Å². The van der Waals surface area contributed by atoms with E-state index in [0.29, 0.717) is 23.4 Å². The average molecular weight is 533 g/mol. The normalized spacial score (nSPS) is 11.0. The molecular formula is C27H24N4O6S. The molecule has 0 aliphatic heterocycles. The van der Waals surface area contributed by atoms with Crippen LogP contribution in [0.5, 0.6) is 0 Å². The number of carbonyl (C=O) groups excluding carboxylic acids is 2. The summed E-state index contributed by atoms with van der Waals surface area (Å²) < 4.78 is 39.8. The first-order valence-corrected chi connectivity index (χ1v) is 12.9. The van der Waals surface area contributed by atoms with Crippen LogP contribution in [0.3, 0.4) is 0 Å². The Morgan fingerprint density at radius 1 is 1.05 bits per heavy atom. The molecule has 2 N–H and O–H groups in total. The van der Waals surface area contributed by atoms with E-state index in [1.165, 1.54) is 42.7 Å². The van der Waals surface area contributed by atoms with Crippen LogP contribution in [-0.2, 0) is 26.1 Å². The number of nitrogens with one attached hydrogen (secondary N) is 2. The molecule has 2 aromatic heterocycles. The van der Waals surface area contributed by atoms with Crippen molar-refractivity contribution in [2.45, 2.75) is 25.3 Å². The number of aromatic nitrogens is 1. The van der Waals surface area contributed by atoms with Crippen molar-refractivity contribution < 1.29 is 27.2 Å². The van der Waals surface area contributed by atoms with E-state index >= 15 is 0 Å². The second-order valence-corrected chi connectivity index (χ2v) is 10.0. The third-order valence-corrected chi connectivity index (χ3v) is 7.23. The maximum absolute atomic E-state index is 12.7. The molecule has 0 saturated heterocycles. The van der Waals surface area contributed by atoms with Crippen molar-refractivity contribution in [3.63, 3.8) is 0 Å². The molecule has 4 rings (SSSR count). The zero-order chi connectivity index (χ0) is 27.3. The highest BCUT2D eigenvalue weighted by atomic mass is 32.2. The summed E-state index contributed by atoms with van der Waals surface area (Å²) in [6.45, 7) is 3.28. The summed E-state index contributed by atoms with van der Waals surface area (Å²) in [6.07, 6.45) is 1.53. The molecule has 0 spiro atoms. The summed E-state index contributed by atoms with van der Waals surface area (Å²) in [5, 5.41) is 12.3. The van der Waals surface area contributed by atoms with Gasteiger partial charge in [-0.2, -0.15) is 5.26 Å². The number of carbonyl (C=O) groups is 2. The van der Waals surface area contributed by atoms with Crippen molar-refractivity contribution in [2.75, 3.05) is 16.6 Å². The van der Waals surface area contributed by atoms with Gasteiger partial charge in [-0.1, -0.05) is 24.3 Å². The Labute approximate surface area is 219 Å². The lowest BCUT2D eigenvalue weighted by Gasteiger charge is -2.12. The molecule has 0 bridgehead atoms. The van der Waals surface area contributed by atoms with Gasteiger partial charge in [0.25, 0.3) is 15.9 Å². The zero-order valence-electron chi connectivity index (χ0n) is 20.6. The van der Waals surface area contributed by atoms with Crippen LogP contribution in [0.15, 0.2) is 82.3 Å². The van der Waals surface area contributed by atoms with Crippen molar-refractivity contribution in [1.82, 2.24) is 4.57 Å². The molecule has 1 amide bonds. The second kappa shape index (κ2) is 11.1. The number of nitrogens with zero attached hydrogens (tertiary/aromatic N) is 2. The number of hydrogen-bond donors (Lipinski definition) is 2. The fraction of sp³-hybridized carbons (Fsp3) is 0.148. The third-order valence-electron chi connectivity index (χ3n) is 5.83. The fourth-order valence-corrected chi connectivity index (χ4v) is 4.86. The molecule has 2 aromatic carbocycles. The molecule has 11 heteroatoms. The molecule has 0 fully saturated rings. The quantitative estimate of drug-likeness (QED) is 0.307. The van der Waals surface area contributed by atoms with Gasteiger partial charge in [-0.25, -0.2) is 13.2 Å². The largest absolute Gasteiger partial charge is 0.467 e. The predicted molar refractivity (Wildman–Crippen MR) is 139 cm³/mol. The standard InChI is InChI=1S/C27H24N4O6S/c1-18-19(2)31(16-22-10-7-13-36-22)26(24(18)15-28)29-25(32)17-37-27(33)20-8-6-9-21(14-20)30-38(34,35)23-11-4-3-5-12-23/h3-14,30H,16-17H2,1-2H3,(H,29,32). The first-order chi connectivity index (χ1) is 18.2. The second-order valence-electron chi connectivity index (χ2n) is 8.33. The first-order valence-electron chi connectivity index (χ1n) is 11.5. The van der Waals surface area contributed by atoms with Crippen LogP contribution in [0.2, 0.25) is 0 Å². The number of anilines is 2. The molecule has 0 radical (unpaired) electrons. The van der Waals surface area contributed by atoms with Crippen LogP contribution in [-0.4, -0.2) is 31.5 Å². The van der Waals surface area contributed by atoms with Gasteiger partial charge < -0.3 is 19.0 Å². The Morgan fingerprint density at radius 2 is 1.82 bits per heavy atom. The highest BCUT2D eigenvalue weighted by Gasteiger charge is 2.21. The number of amides is 1. The summed E-state index contributed by atoms with van der Waals surface area (Å²) in [4.78, 5) is 25.3. The van der Waals surface area contributed by atoms with Crippen molar-refractivity contribution in [1.29, 1.82) is 5.26 Å². The van der Waals surface area contributed by atoms with E-state index in [-0.39, 0.29) is 22.0 Å². The Bertz CT molecular complexity index is 1620.